The molecular weight excluding hydrogens is 404 g/mol. The molecule has 3 aromatic rings. The first kappa shape index (κ1) is 19.0. The molecule has 0 amide bonds. The molecule has 0 fully saturated rings. The number of anilines is 5. The summed E-state index contributed by atoms with van der Waals surface area (Å²) in [5.41, 5.74) is 5.68. The van der Waals surface area contributed by atoms with Crippen LogP contribution in [0.15, 0.2) is 42.9 Å². The molecule has 0 saturated heterocycles. The molecule has 0 spiro atoms. The molecule has 0 bridgehead atoms. The van der Waals surface area contributed by atoms with Crippen LogP contribution in [0.5, 0.6) is 0 Å². The maximum atomic E-state index is 12.9. The molecule has 0 aliphatic heterocycles. The molecular formula is C16H11Cl2F3N6. The Morgan fingerprint density at radius 2 is 1.59 bits per heavy atom. The number of hydrogen-bond acceptors (Lipinski definition) is 6. The summed E-state index contributed by atoms with van der Waals surface area (Å²) >= 11 is 12.0. The summed E-state index contributed by atoms with van der Waals surface area (Å²) in [6.07, 6.45) is -1.81. The number of benzene rings is 1. The van der Waals surface area contributed by atoms with Crippen molar-refractivity contribution < 1.29 is 13.2 Å². The van der Waals surface area contributed by atoms with Gasteiger partial charge in [-0.05, 0) is 30.3 Å². The summed E-state index contributed by atoms with van der Waals surface area (Å²) < 4.78 is 38.7. The van der Waals surface area contributed by atoms with Gasteiger partial charge in [0.1, 0.15) is 12.0 Å². The highest BCUT2D eigenvalue weighted by Gasteiger charge is 2.31. The normalized spacial score (nSPS) is 11.3. The van der Waals surface area contributed by atoms with Crippen molar-refractivity contribution in [1.82, 2.24) is 15.0 Å². The van der Waals surface area contributed by atoms with E-state index in [0.717, 1.165) is 18.2 Å². The Hall–Kier alpha value is -2.78. The van der Waals surface area contributed by atoms with Crippen LogP contribution in [0.2, 0.25) is 10.2 Å². The van der Waals surface area contributed by atoms with Gasteiger partial charge in [0.15, 0.2) is 16.8 Å². The van der Waals surface area contributed by atoms with Crippen LogP contribution in [0.1, 0.15) is 5.56 Å². The summed E-state index contributed by atoms with van der Waals surface area (Å²) in [5.74, 6) is 0.277. The molecule has 27 heavy (non-hydrogen) atoms. The highest BCUT2D eigenvalue weighted by atomic mass is 35.5. The molecule has 0 radical (unpaired) electrons. The molecule has 0 aliphatic rings. The highest BCUT2D eigenvalue weighted by Crippen LogP contribution is 2.36. The number of nitrogens with zero attached hydrogens (tertiary/aromatic N) is 3. The van der Waals surface area contributed by atoms with Crippen molar-refractivity contribution in [2.24, 2.45) is 0 Å². The van der Waals surface area contributed by atoms with Crippen molar-refractivity contribution in [2.45, 2.75) is 6.18 Å². The Morgan fingerprint density at radius 3 is 2.22 bits per heavy atom. The molecule has 6 nitrogen and oxygen atoms in total. The zero-order valence-corrected chi connectivity index (χ0v) is 14.9. The Balaban J connectivity index is 1.92. The SMILES string of the molecule is Nc1c(Nc2cc(C(F)(F)F)ccc2Cl)ncnc1Nc1cccnc1Cl. The number of rotatable bonds is 4. The fourth-order valence-corrected chi connectivity index (χ4v) is 2.46. The Kier molecular flexibility index (Phi) is 5.24. The molecule has 0 atom stereocenters. The molecule has 3 rings (SSSR count). The predicted octanol–water partition coefficient (Wildman–Crippen LogP) is 5.27. The second-order valence-corrected chi connectivity index (χ2v) is 6.03. The molecule has 0 unspecified atom stereocenters. The van der Waals surface area contributed by atoms with Crippen LogP contribution in [-0.2, 0) is 6.18 Å². The van der Waals surface area contributed by atoms with E-state index >= 15 is 0 Å². The minimum Gasteiger partial charge on any atom is -0.393 e. The topological polar surface area (TPSA) is 88.8 Å². The molecule has 140 valence electrons. The Labute approximate surface area is 161 Å². The van der Waals surface area contributed by atoms with Gasteiger partial charge in [-0.25, -0.2) is 15.0 Å². The van der Waals surface area contributed by atoms with Crippen LogP contribution in [0, 0.1) is 0 Å². The number of alkyl halides is 3. The first-order valence-electron chi connectivity index (χ1n) is 7.37. The van der Waals surface area contributed by atoms with Crippen molar-refractivity contribution in [2.75, 3.05) is 16.4 Å². The minimum absolute atomic E-state index is 0.00209. The number of nitrogens with two attached hydrogens (primary N) is 1. The predicted molar refractivity (Wildman–Crippen MR) is 98.7 cm³/mol. The monoisotopic (exact) mass is 414 g/mol. The van der Waals surface area contributed by atoms with Gasteiger partial charge in [0.2, 0.25) is 0 Å². The number of pyridine rings is 1. The van der Waals surface area contributed by atoms with E-state index < -0.39 is 11.7 Å². The number of aromatic nitrogens is 3. The van der Waals surface area contributed by atoms with E-state index in [0.29, 0.717) is 5.69 Å². The van der Waals surface area contributed by atoms with E-state index in [1.54, 1.807) is 12.1 Å². The van der Waals surface area contributed by atoms with E-state index in [4.69, 9.17) is 28.9 Å². The average molecular weight is 415 g/mol. The maximum absolute atomic E-state index is 12.9. The smallest absolute Gasteiger partial charge is 0.393 e. The first-order chi connectivity index (χ1) is 12.8. The fourth-order valence-electron chi connectivity index (χ4n) is 2.13. The molecule has 0 saturated carbocycles. The van der Waals surface area contributed by atoms with E-state index in [1.807, 2.05) is 0 Å². The largest absolute Gasteiger partial charge is 0.416 e. The van der Waals surface area contributed by atoms with Crippen molar-refractivity contribution in [1.29, 1.82) is 0 Å². The van der Waals surface area contributed by atoms with Gasteiger partial charge in [0.05, 0.1) is 22.0 Å². The van der Waals surface area contributed by atoms with E-state index in [9.17, 15) is 13.2 Å². The lowest BCUT2D eigenvalue weighted by atomic mass is 10.2. The van der Waals surface area contributed by atoms with Crippen molar-refractivity contribution in [3.8, 4) is 0 Å². The van der Waals surface area contributed by atoms with Gasteiger partial charge in [-0.2, -0.15) is 13.2 Å². The van der Waals surface area contributed by atoms with Crippen LogP contribution < -0.4 is 16.4 Å². The lowest BCUT2D eigenvalue weighted by Gasteiger charge is -2.15. The second kappa shape index (κ2) is 7.45. The molecule has 1 aromatic carbocycles. The third-order valence-electron chi connectivity index (χ3n) is 3.44. The van der Waals surface area contributed by atoms with Crippen molar-refractivity contribution in [3.05, 3.63) is 58.6 Å². The average Bonchev–Trinajstić information content (AvgIpc) is 2.61. The van der Waals surface area contributed by atoms with Gasteiger partial charge >= 0.3 is 6.18 Å². The summed E-state index contributed by atoms with van der Waals surface area (Å²) in [6.45, 7) is 0. The third kappa shape index (κ3) is 4.32. The van der Waals surface area contributed by atoms with E-state index in [1.165, 1.54) is 12.5 Å². The zero-order valence-electron chi connectivity index (χ0n) is 13.4. The fraction of sp³-hybridized carbons (Fsp3) is 0.0625. The van der Waals surface area contributed by atoms with Gasteiger partial charge < -0.3 is 16.4 Å². The Bertz CT molecular complexity index is 981. The van der Waals surface area contributed by atoms with Gasteiger partial charge in [-0.1, -0.05) is 23.2 Å². The third-order valence-corrected chi connectivity index (χ3v) is 4.07. The van der Waals surface area contributed by atoms with Crippen LogP contribution in [-0.4, -0.2) is 15.0 Å². The highest BCUT2D eigenvalue weighted by molar-refractivity contribution is 6.33. The second-order valence-electron chi connectivity index (χ2n) is 5.27. The van der Waals surface area contributed by atoms with Crippen LogP contribution >= 0.6 is 23.2 Å². The summed E-state index contributed by atoms with van der Waals surface area (Å²) in [6, 6.07) is 6.21. The lowest BCUT2D eigenvalue weighted by Crippen LogP contribution is -2.08. The molecule has 11 heteroatoms. The van der Waals surface area contributed by atoms with Crippen molar-refractivity contribution >= 4 is 51.9 Å². The maximum Gasteiger partial charge on any atom is 0.416 e. The molecule has 2 aromatic heterocycles. The number of hydrogen-bond donors (Lipinski definition) is 3. The number of nitrogens with one attached hydrogen (secondary N) is 2. The molecule has 4 N–H and O–H groups in total. The summed E-state index contributed by atoms with van der Waals surface area (Å²) in [5, 5.41) is 5.87. The van der Waals surface area contributed by atoms with Crippen LogP contribution in [0.4, 0.5) is 41.9 Å². The van der Waals surface area contributed by atoms with E-state index in [-0.39, 0.29) is 33.2 Å². The molecule has 2 heterocycles. The van der Waals surface area contributed by atoms with E-state index in [2.05, 4.69) is 25.6 Å². The van der Waals surface area contributed by atoms with Gasteiger partial charge in [-0.3, -0.25) is 0 Å². The zero-order chi connectivity index (χ0) is 19.6. The van der Waals surface area contributed by atoms with Crippen molar-refractivity contribution in [3.63, 3.8) is 0 Å². The van der Waals surface area contributed by atoms with Crippen LogP contribution in [0.25, 0.3) is 0 Å². The molecule has 0 aliphatic carbocycles. The lowest BCUT2D eigenvalue weighted by molar-refractivity contribution is -0.137. The standard InChI is InChI=1S/C16H11Cl2F3N6/c17-9-4-3-8(16(19,20)21)6-11(9)27-15-12(22)14(24-7-25-15)26-10-2-1-5-23-13(10)18/h1-7H,22H2,(H2,24,25,26,27). The van der Waals surface area contributed by atoms with Gasteiger partial charge in [0.25, 0.3) is 0 Å². The summed E-state index contributed by atoms with van der Waals surface area (Å²) in [7, 11) is 0. The quantitative estimate of drug-likeness (QED) is 0.504. The van der Waals surface area contributed by atoms with Crippen LogP contribution in [0.3, 0.4) is 0 Å². The number of nitrogen functional groups attached to an aromatic ring is 1. The van der Waals surface area contributed by atoms with Gasteiger partial charge in [-0.15, -0.1) is 0 Å². The minimum atomic E-state index is -4.51. The number of halogens is 5. The first-order valence-corrected chi connectivity index (χ1v) is 8.13. The summed E-state index contributed by atoms with van der Waals surface area (Å²) in [4.78, 5) is 11.9. The van der Waals surface area contributed by atoms with Gasteiger partial charge in [0, 0.05) is 6.20 Å². The Morgan fingerprint density at radius 1 is 0.926 bits per heavy atom.